The van der Waals surface area contributed by atoms with E-state index < -0.39 is 0 Å². The topological polar surface area (TPSA) is 102 Å². The lowest BCUT2D eigenvalue weighted by molar-refractivity contribution is 0.0882. The standard InChI is InChI=1S/C34H34N2O8/c1-39-23-7-3-21(4-8-23)33(25-15-29-31(17-27(25)37)43-19-41-29)35-11-13-36(14-12-35)34(22-5-9-24(40-2)10-6-22)26-16-30-32(18-28(26)38)44-20-42-30/h3-10,15-18,33-34,37-38H,11-14,19-20H2,1-2H3/t33-,34+. The minimum absolute atomic E-state index is 0.129. The van der Waals surface area contributed by atoms with E-state index in [0.717, 1.165) is 33.8 Å². The summed E-state index contributed by atoms with van der Waals surface area (Å²) < 4.78 is 33.2. The molecular formula is C34H34N2O8. The molecule has 0 aromatic heterocycles. The van der Waals surface area contributed by atoms with Gasteiger partial charge in [-0.2, -0.15) is 0 Å². The lowest BCUT2D eigenvalue weighted by Gasteiger charge is -2.43. The van der Waals surface area contributed by atoms with E-state index in [2.05, 4.69) is 9.80 Å². The molecule has 0 amide bonds. The molecule has 10 nitrogen and oxygen atoms in total. The Hall–Kier alpha value is -4.80. The van der Waals surface area contributed by atoms with Crippen LogP contribution in [0.2, 0.25) is 0 Å². The van der Waals surface area contributed by atoms with Crippen LogP contribution in [0.25, 0.3) is 0 Å². The Labute approximate surface area is 255 Å². The quantitative estimate of drug-likeness (QED) is 0.286. The van der Waals surface area contributed by atoms with Crippen LogP contribution < -0.4 is 28.4 Å². The largest absolute Gasteiger partial charge is 0.507 e. The number of aromatic hydroxyl groups is 2. The summed E-state index contributed by atoms with van der Waals surface area (Å²) in [4.78, 5) is 4.72. The number of hydrogen-bond donors (Lipinski definition) is 2. The smallest absolute Gasteiger partial charge is 0.231 e. The molecule has 1 fully saturated rings. The zero-order valence-electron chi connectivity index (χ0n) is 24.6. The van der Waals surface area contributed by atoms with E-state index >= 15 is 0 Å². The first kappa shape index (κ1) is 28.0. The van der Waals surface area contributed by atoms with Crippen LogP contribution in [0.5, 0.6) is 46.0 Å². The van der Waals surface area contributed by atoms with Crippen LogP contribution in [-0.2, 0) is 0 Å². The third-order valence-corrected chi connectivity index (χ3v) is 8.58. The Balaban J connectivity index is 1.22. The minimum atomic E-state index is -0.240. The first-order valence-corrected chi connectivity index (χ1v) is 14.5. The number of rotatable bonds is 8. The highest BCUT2D eigenvalue weighted by Crippen LogP contribution is 2.46. The molecule has 0 radical (unpaired) electrons. The molecule has 10 heteroatoms. The molecule has 3 aliphatic heterocycles. The van der Waals surface area contributed by atoms with Crippen LogP contribution >= 0.6 is 0 Å². The molecule has 3 aliphatic rings. The van der Waals surface area contributed by atoms with Gasteiger partial charge in [-0.1, -0.05) is 24.3 Å². The van der Waals surface area contributed by atoms with Crippen molar-refractivity contribution in [3.05, 3.63) is 95.1 Å². The molecule has 4 aromatic carbocycles. The second kappa shape index (κ2) is 11.7. The molecule has 0 bridgehead atoms. The van der Waals surface area contributed by atoms with Gasteiger partial charge in [-0.05, 0) is 47.5 Å². The van der Waals surface area contributed by atoms with Gasteiger partial charge in [0.1, 0.15) is 23.0 Å². The van der Waals surface area contributed by atoms with Gasteiger partial charge >= 0.3 is 0 Å². The van der Waals surface area contributed by atoms with Crippen LogP contribution in [0, 0.1) is 0 Å². The summed E-state index contributed by atoms with van der Waals surface area (Å²) in [6.45, 7) is 3.04. The average Bonchev–Trinajstić information content (AvgIpc) is 3.71. The van der Waals surface area contributed by atoms with Gasteiger partial charge in [0.05, 0.1) is 26.3 Å². The highest BCUT2D eigenvalue weighted by Gasteiger charge is 2.34. The van der Waals surface area contributed by atoms with Gasteiger partial charge in [-0.25, -0.2) is 0 Å². The molecule has 44 heavy (non-hydrogen) atoms. The van der Waals surface area contributed by atoms with Crippen LogP contribution in [0.15, 0.2) is 72.8 Å². The summed E-state index contributed by atoms with van der Waals surface area (Å²) in [5, 5.41) is 22.3. The molecule has 0 saturated carbocycles. The molecular weight excluding hydrogens is 564 g/mol. The van der Waals surface area contributed by atoms with Crippen molar-refractivity contribution < 1.29 is 38.6 Å². The fourth-order valence-corrected chi connectivity index (χ4v) is 6.33. The summed E-state index contributed by atoms with van der Waals surface area (Å²) in [5.41, 5.74) is 3.53. The van der Waals surface area contributed by atoms with E-state index in [1.54, 1.807) is 26.4 Å². The first-order valence-electron chi connectivity index (χ1n) is 14.5. The summed E-state index contributed by atoms with van der Waals surface area (Å²) >= 11 is 0. The van der Waals surface area contributed by atoms with Gasteiger partial charge in [-0.15, -0.1) is 0 Å². The van der Waals surface area contributed by atoms with Crippen LogP contribution in [0.1, 0.15) is 34.3 Å². The van der Waals surface area contributed by atoms with Crippen molar-refractivity contribution in [2.45, 2.75) is 12.1 Å². The summed E-state index contributed by atoms with van der Waals surface area (Å²) in [6.07, 6.45) is 0. The lowest BCUT2D eigenvalue weighted by atomic mass is 9.93. The molecule has 2 atom stereocenters. The Morgan fingerprint density at radius 1 is 0.545 bits per heavy atom. The maximum absolute atomic E-state index is 11.2. The highest BCUT2D eigenvalue weighted by molar-refractivity contribution is 5.55. The zero-order valence-corrected chi connectivity index (χ0v) is 24.6. The SMILES string of the molecule is COc1ccc([C@H](c2cc3c(cc2O)OCO3)N2CCN([C@@H](c3ccc(OC)cc3)c3cc4c(cc3O)OCO4)CC2)cc1. The van der Waals surface area contributed by atoms with Gasteiger partial charge < -0.3 is 38.6 Å². The van der Waals surface area contributed by atoms with Crippen LogP contribution in [-0.4, -0.2) is 74.0 Å². The summed E-state index contributed by atoms with van der Waals surface area (Å²) in [5.74, 6) is 4.14. The van der Waals surface area contributed by atoms with Crippen molar-refractivity contribution >= 4 is 0 Å². The minimum Gasteiger partial charge on any atom is -0.507 e. The van der Waals surface area contributed by atoms with E-state index in [9.17, 15) is 10.2 Å². The first-order chi connectivity index (χ1) is 21.5. The fourth-order valence-electron chi connectivity index (χ4n) is 6.33. The maximum Gasteiger partial charge on any atom is 0.231 e. The molecule has 228 valence electrons. The van der Waals surface area contributed by atoms with Crippen molar-refractivity contribution in [3.8, 4) is 46.0 Å². The van der Waals surface area contributed by atoms with E-state index in [4.69, 9.17) is 28.4 Å². The monoisotopic (exact) mass is 598 g/mol. The molecule has 3 heterocycles. The normalized spacial score (nSPS) is 17.3. The number of benzene rings is 4. The number of methoxy groups -OCH3 is 2. The molecule has 0 aliphatic carbocycles. The number of ether oxygens (including phenoxy) is 6. The van der Waals surface area contributed by atoms with Gasteiger partial charge in [0.25, 0.3) is 0 Å². The van der Waals surface area contributed by atoms with E-state index in [1.165, 1.54) is 0 Å². The second-order valence-corrected chi connectivity index (χ2v) is 11.0. The average molecular weight is 599 g/mol. The predicted molar refractivity (Wildman–Crippen MR) is 161 cm³/mol. The third-order valence-electron chi connectivity index (χ3n) is 8.58. The summed E-state index contributed by atoms with van der Waals surface area (Å²) in [7, 11) is 3.29. The van der Waals surface area contributed by atoms with E-state index in [-0.39, 0.29) is 37.2 Å². The molecule has 1 saturated heterocycles. The predicted octanol–water partition coefficient (Wildman–Crippen LogP) is 5.07. The second-order valence-electron chi connectivity index (χ2n) is 11.0. The van der Waals surface area contributed by atoms with Crippen molar-refractivity contribution in [1.29, 1.82) is 0 Å². The number of piperazine rings is 1. The molecule has 0 spiro atoms. The van der Waals surface area contributed by atoms with Gasteiger partial charge in [0, 0.05) is 49.4 Å². The van der Waals surface area contributed by atoms with E-state index in [1.807, 2.05) is 60.7 Å². The van der Waals surface area contributed by atoms with Crippen molar-refractivity contribution in [1.82, 2.24) is 9.80 Å². The number of phenols is 2. The third kappa shape index (κ3) is 5.16. The van der Waals surface area contributed by atoms with Crippen molar-refractivity contribution in [2.75, 3.05) is 54.0 Å². The van der Waals surface area contributed by atoms with Crippen molar-refractivity contribution in [2.24, 2.45) is 0 Å². The molecule has 2 N–H and O–H groups in total. The van der Waals surface area contributed by atoms with Gasteiger partial charge in [-0.3, -0.25) is 9.80 Å². The number of fused-ring (bicyclic) bond motifs is 2. The molecule has 4 aromatic rings. The number of phenolic OH excluding ortho intramolecular Hbond substituents is 2. The number of nitrogens with zero attached hydrogens (tertiary/aromatic N) is 2. The van der Waals surface area contributed by atoms with Crippen LogP contribution in [0.3, 0.4) is 0 Å². The van der Waals surface area contributed by atoms with Crippen molar-refractivity contribution in [3.63, 3.8) is 0 Å². The Bertz CT molecular complexity index is 1510. The fraction of sp³-hybridized carbons (Fsp3) is 0.294. The zero-order chi connectivity index (χ0) is 30.2. The van der Waals surface area contributed by atoms with Gasteiger partial charge in [0.15, 0.2) is 23.0 Å². The lowest BCUT2D eigenvalue weighted by Crippen LogP contribution is -2.49. The Morgan fingerprint density at radius 2 is 0.886 bits per heavy atom. The maximum atomic E-state index is 11.2. The van der Waals surface area contributed by atoms with Gasteiger partial charge in [0.2, 0.25) is 13.6 Å². The Kier molecular flexibility index (Phi) is 7.45. The van der Waals surface area contributed by atoms with E-state index in [0.29, 0.717) is 49.2 Å². The highest BCUT2D eigenvalue weighted by atomic mass is 16.7. The molecule has 7 rings (SSSR count). The molecule has 0 unspecified atom stereocenters. The Morgan fingerprint density at radius 3 is 1.23 bits per heavy atom. The van der Waals surface area contributed by atoms with Crippen LogP contribution in [0.4, 0.5) is 0 Å². The number of hydrogen-bond acceptors (Lipinski definition) is 10. The summed E-state index contributed by atoms with van der Waals surface area (Å²) in [6, 6.07) is 22.4.